The maximum absolute atomic E-state index is 11.7. The molecule has 0 radical (unpaired) electrons. The van der Waals surface area contributed by atoms with E-state index in [1.807, 2.05) is 6.07 Å². The summed E-state index contributed by atoms with van der Waals surface area (Å²) in [5, 5.41) is 3.09. The fraction of sp³-hybridized carbons (Fsp3) is 0.562. The molecule has 1 amide bonds. The summed E-state index contributed by atoms with van der Waals surface area (Å²) < 4.78 is 0. The van der Waals surface area contributed by atoms with Gasteiger partial charge in [-0.15, -0.1) is 12.4 Å². The number of carbonyl (C=O) groups is 1. The van der Waals surface area contributed by atoms with E-state index in [9.17, 15) is 4.79 Å². The topological polar surface area (TPSA) is 55.1 Å². The first-order valence-corrected chi connectivity index (χ1v) is 7.25. The normalized spacial score (nSPS) is 15.8. The molecule has 1 aromatic rings. The molecule has 4 heteroatoms. The summed E-state index contributed by atoms with van der Waals surface area (Å²) in [5.74, 6) is 0.143. The molecular weight excluding hydrogens is 272 g/mol. The lowest BCUT2D eigenvalue weighted by Crippen LogP contribution is -2.43. The summed E-state index contributed by atoms with van der Waals surface area (Å²) in [5.41, 5.74) is 7.08. The van der Waals surface area contributed by atoms with Gasteiger partial charge >= 0.3 is 0 Å². The van der Waals surface area contributed by atoms with E-state index < -0.39 is 0 Å². The Morgan fingerprint density at radius 2 is 1.95 bits per heavy atom. The number of carbonyl (C=O) groups excluding carboxylic acids is 1. The Hall–Kier alpha value is -1.06. The molecule has 112 valence electrons. The van der Waals surface area contributed by atoms with E-state index in [0.29, 0.717) is 18.4 Å². The quantitative estimate of drug-likeness (QED) is 0.813. The Bertz CT molecular complexity index is 404. The molecule has 3 N–H and O–H groups in total. The molecule has 1 aliphatic carbocycles. The Morgan fingerprint density at radius 3 is 2.50 bits per heavy atom. The molecular formula is C16H25ClN2O. The maximum atomic E-state index is 11.7. The number of benzene rings is 1. The predicted octanol–water partition coefficient (Wildman–Crippen LogP) is 2.68. The molecule has 1 saturated carbocycles. The Balaban J connectivity index is 0.00000200. The predicted molar refractivity (Wildman–Crippen MR) is 85.0 cm³/mol. The number of halogens is 1. The van der Waals surface area contributed by atoms with Gasteiger partial charge in [-0.3, -0.25) is 4.79 Å². The van der Waals surface area contributed by atoms with Crippen molar-refractivity contribution in [3.8, 4) is 0 Å². The van der Waals surface area contributed by atoms with Crippen LogP contribution in [0.25, 0.3) is 0 Å². The lowest BCUT2D eigenvalue weighted by Gasteiger charge is -2.42. The zero-order chi connectivity index (χ0) is 13.6. The van der Waals surface area contributed by atoms with Gasteiger partial charge in [0.2, 0.25) is 5.91 Å². The smallest absolute Gasteiger partial charge is 0.220 e. The molecule has 0 spiro atoms. The van der Waals surface area contributed by atoms with Crippen LogP contribution < -0.4 is 11.1 Å². The minimum Gasteiger partial charge on any atom is -0.356 e. The van der Waals surface area contributed by atoms with Gasteiger partial charge in [-0.25, -0.2) is 0 Å². The maximum Gasteiger partial charge on any atom is 0.220 e. The van der Waals surface area contributed by atoms with Crippen LogP contribution in [0.3, 0.4) is 0 Å². The van der Waals surface area contributed by atoms with Crippen molar-refractivity contribution >= 4 is 18.3 Å². The Morgan fingerprint density at radius 1 is 1.25 bits per heavy atom. The highest BCUT2D eigenvalue weighted by Gasteiger charge is 2.37. The molecule has 2 rings (SSSR count). The van der Waals surface area contributed by atoms with E-state index in [-0.39, 0.29) is 18.3 Å². The van der Waals surface area contributed by atoms with Gasteiger partial charge in [0, 0.05) is 13.0 Å². The molecule has 1 aliphatic rings. The molecule has 1 fully saturated rings. The molecule has 0 unspecified atom stereocenters. The highest BCUT2D eigenvalue weighted by molar-refractivity contribution is 5.85. The number of hydrogen-bond acceptors (Lipinski definition) is 2. The van der Waals surface area contributed by atoms with Crippen molar-refractivity contribution in [2.45, 2.75) is 38.5 Å². The average Bonchev–Trinajstić information content (AvgIpc) is 2.40. The van der Waals surface area contributed by atoms with Gasteiger partial charge in [0.25, 0.3) is 0 Å². The minimum absolute atomic E-state index is 0. The molecule has 0 saturated heterocycles. The second-order valence-corrected chi connectivity index (χ2v) is 5.68. The number of hydrogen-bond donors (Lipinski definition) is 2. The largest absolute Gasteiger partial charge is 0.356 e. The molecule has 0 bridgehead atoms. The third kappa shape index (κ3) is 4.80. The van der Waals surface area contributed by atoms with Crippen LogP contribution in [0, 0.1) is 5.41 Å². The van der Waals surface area contributed by atoms with Crippen molar-refractivity contribution in [3.05, 3.63) is 35.9 Å². The molecule has 0 atom stereocenters. The van der Waals surface area contributed by atoms with E-state index in [0.717, 1.165) is 19.4 Å². The number of amides is 1. The zero-order valence-corrected chi connectivity index (χ0v) is 12.8. The Labute approximate surface area is 127 Å². The third-order valence-electron chi connectivity index (χ3n) is 4.10. The van der Waals surface area contributed by atoms with Crippen molar-refractivity contribution in [2.75, 3.05) is 13.1 Å². The van der Waals surface area contributed by atoms with Crippen molar-refractivity contribution in [2.24, 2.45) is 11.1 Å². The monoisotopic (exact) mass is 296 g/mol. The first-order valence-electron chi connectivity index (χ1n) is 7.25. The highest BCUT2D eigenvalue weighted by Crippen LogP contribution is 2.43. The summed E-state index contributed by atoms with van der Waals surface area (Å²) in [6.45, 7) is 1.40. The second-order valence-electron chi connectivity index (χ2n) is 5.68. The van der Waals surface area contributed by atoms with Crippen LogP contribution >= 0.6 is 12.4 Å². The fourth-order valence-electron chi connectivity index (χ4n) is 2.76. The van der Waals surface area contributed by atoms with E-state index in [4.69, 9.17) is 5.73 Å². The highest BCUT2D eigenvalue weighted by atomic mass is 35.5. The van der Waals surface area contributed by atoms with Crippen LogP contribution in [0.4, 0.5) is 0 Å². The SMILES string of the molecule is Cl.NCCCC(=O)NCC1(Cc2ccccc2)CCC1. The van der Waals surface area contributed by atoms with E-state index in [1.54, 1.807) is 0 Å². The van der Waals surface area contributed by atoms with Crippen molar-refractivity contribution in [1.29, 1.82) is 0 Å². The standard InChI is InChI=1S/C16H24N2O.ClH/c17-11-4-8-15(19)18-13-16(9-5-10-16)12-14-6-2-1-3-7-14;/h1-3,6-7H,4-5,8-13,17H2,(H,18,19);1H. The first-order chi connectivity index (χ1) is 9.24. The van der Waals surface area contributed by atoms with Crippen LogP contribution in [0.2, 0.25) is 0 Å². The third-order valence-corrected chi connectivity index (χ3v) is 4.10. The van der Waals surface area contributed by atoms with Gasteiger partial charge in [-0.1, -0.05) is 36.8 Å². The van der Waals surface area contributed by atoms with Crippen molar-refractivity contribution in [1.82, 2.24) is 5.32 Å². The summed E-state index contributed by atoms with van der Waals surface area (Å²) in [6.07, 6.45) is 6.13. The lowest BCUT2D eigenvalue weighted by molar-refractivity contribution is -0.122. The van der Waals surface area contributed by atoms with Crippen LogP contribution in [0.15, 0.2) is 30.3 Å². The zero-order valence-electron chi connectivity index (χ0n) is 11.9. The van der Waals surface area contributed by atoms with Crippen molar-refractivity contribution in [3.63, 3.8) is 0 Å². The van der Waals surface area contributed by atoms with Crippen molar-refractivity contribution < 1.29 is 4.79 Å². The van der Waals surface area contributed by atoms with Crippen LogP contribution in [0.1, 0.15) is 37.7 Å². The van der Waals surface area contributed by atoms with Gasteiger partial charge in [0.05, 0.1) is 0 Å². The molecule has 20 heavy (non-hydrogen) atoms. The fourth-order valence-corrected chi connectivity index (χ4v) is 2.76. The summed E-state index contributed by atoms with van der Waals surface area (Å²) >= 11 is 0. The Kier molecular flexibility index (Phi) is 7.03. The average molecular weight is 297 g/mol. The summed E-state index contributed by atoms with van der Waals surface area (Å²) in [6, 6.07) is 10.6. The van der Waals surface area contributed by atoms with Gasteiger partial charge in [-0.05, 0) is 43.2 Å². The number of rotatable bonds is 7. The molecule has 0 aliphatic heterocycles. The van der Waals surface area contributed by atoms with E-state index in [1.165, 1.54) is 24.8 Å². The van der Waals surface area contributed by atoms with Gasteiger partial charge < -0.3 is 11.1 Å². The van der Waals surface area contributed by atoms with Gasteiger partial charge in [0.1, 0.15) is 0 Å². The summed E-state index contributed by atoms with van der Waals surface area (Å²) in [4.78, 5) is 11.7. The lowest BCUT2D eigenvalue weighted by atomic mass is 9.65. The minimum atomic E-state index is 0. The van der Waals surface area contributed by atoms with Gasteiger partial charge in [0.15, 0.2) is 0 Å². The second kappa shape index (κ2) is 8.28. The number of nitrogens with one attached hydrogen (secondary N) is 1. The summed E-state index contributed by atoms with van der Waals surface area (Å²) in [7, 11) is 0. The molecule has 0 heterocycles. The molecule has 0 aromatic heterocycles. The molecule has 3 nitrogen and oxygen atoms in total. The van der Waals surface area contributed by atoms with Crippen LogP contribution in [-0.2, 0) is 11.2 Å². The number of nitrogens with two attached hydrogens (primary N) is 1. The van der Waals surface area contributed by atoms with Gasteiger partial charge in [-0.2, -0.15) is 0 Å². The molecule has 1 aromatic carbocycles. The first kappa shape index (κ1) is 17.0. The van der Waals surface area contributed by atoms with E-state index >= 15 is 0 Å². The van der Waals surface area contributed by atoms with Crippen LogP contribution in [0.5, 0.6) is 0 Å². The van der Waals surface area contributed by atoms with E-state index in [2.05, 4.69) is 29.6 Å². The van der Waals surface area contributed by atoms with Crippen LogP contribution in [-0.4, -0.2) is 19.0 Å².